The molecule has 8 heteroatoms. The molecule has 2 fully saturated rings. The summed E-state index contributed by atoms with van der Waals surface area (Å²) >= 11 is 0. The van der Waals surface area contributed by atoms with E-state index in [0.717, 1.165) is 99.7 Å². The number of benzene rings is 1. The van der Waals surface area contributed by atoms with E-state index in [9.17, 15) is 4.79 Å². The Balaban J connectivity index is 1.22. The third-order valence-electron chi connectivity index (χ3n) is 7.87. The Morgan fingerprint density at radius 3 is 2.50 bits per heavy atom. The number of morpholine rings is 2. The van der Waals surface area contributed by atoms with Crippen LogP contribution in [0.2, 0.25) is 0 Å². The van der Waals surface area contributed by atoms with Crippen LogP contribution in [0.1, 0.15) is 36.0 Å². The van der Waals surface area contributed by atoms with Gasteiger partial charge in [-0.3, -0.25) is 14.7 Å². The molecule has 0 atom stereocenters. The summed E-state index contributed by atoms with van der Waals surface area (Å²) in [6.45, 7) is 7.39. The fourth-order valence-electron chi connectivity index (χ4n) is 5.64. The monoisotopic (exact) mass is 539 g/mol. The maximum absolute atomic E-state index is 13.6. The first-order valence-corrected chi connectivity index (χ1v) is 14.4. The molecule has 2 aromatic heterocycles. The summed E-state index contributed by atoms with van der Waals surface area (Å²) in [5.74, 6) is 0.811. The second-order valence-electron chi connectivity index (χ2n) is 10.7. The molecule has 0 saturated carbocycles. The molecule has 0 spiro atoms. The number of anilines is 2. The van der Waals surface area contributed by atoms with E-state index in [1.807, 2.05) is 24.5 Å². The lowest BCUT2D eigenvalue weighted by Crippen LogP contribution is -2.36. The van der Waals surface area contributed by atoms with Gasteiger partial charge in [0.2, 0.25) is 0 Å². The normalized spacial score (nSPS) is 19.6. The number of hydrogen-bond acceptors (Lipinski definition) is 7. The first-order chi connectivity index (χ1) is 19.7. The molecule has 1 N–H and O–H groups in total. The first kappa shape index (κ1) is 26.6. The van der Waals surface area contributed by atoms with Gasteiger partial charge < -0.3 is 19.7 Å². The minimum Gasteiger partial charge on any atom is -0.379 e. The zero-order valence-corrected chi connectivity index (χ0v) is 23.0. The summed E-state index contributed by atoms with van der Waals surface area (Å²) in [5.41, 5.74) is 6.97. The molecule has 3 aromatic rings. The Bertz CT molecular complexity index is 1340. The lowest BCUT2D eigenvalue weighted by atomic mass is 9.89. The van der Waals surface area contributed by atoms with E-state index in [-0.39, 0.29) is 5.91 Å². The molecule has 3 aliphatic rings. The van der Waals surface area contributed by atoms with Crippen molar-refractivity contribution in [2.45, 2.75) is 32.2 Å². The van der Waals surface area contributed by atoms with Crippen LogP contribution in [0.15, 0.2) is 61.1 Å². The van der Waals surface area contributed by atoms with Gasteiger partial charge in [0, 0.05) is 56.3 Å². The third-order valence-corrected chi connectivity index (χ3v) is 7.87. The van der Waals surface area contributed by atoms with Crippen LogP contribution in [-0.4, -0.2) is 73.4 Å². The van der Waals surface area contributed by atoms with E-state index in [0.29, 0.717) is 18.9 Å². The number of nitrogens with one attached hydrogen (secondary N) is 1. The quantitative estimate of drug-likeness (QED) is 0.492. The van der Waals surface area contributed by atoms with Crippen molar-refractivity contribution >= 4 is 23.0 Å². The Morgan fingerprint density at radius 2 is 1.70 bits per heavy atom. The third kappa shape index (κ3) is 6.41. The van der Waals surface area contributed by atoms with Crippen molar-refractivity contribution in [3.8, 4) is 11.1 Å². The molecule has 1 aromatic carbocycles. The number of allylic oxidation sites excluding steroid dienone is 1. The Labute approximate surface area is 236 Å². The van der Waals surface area contributed by atoms with Gasteiger partial charge >= 0.3 is 0 Å². The van der Waals surface area contributed by atoms with Crippen LogP contribution in [0.25, 0.3) is 16.7 Å². The minimum atomic E-state index is -0.0968. The molecule has 2 aliphatic heterocycles. The highest BCUT2D eigenvalue weighted by Crippen LogP contribution is 2.31. The number of pyridine rings is 2. The first-order valence-electron chi connectivity index (χ1n) is 14.4. The molecule has 6 rings (SSSR count). The number of hydrogen-bond donors (Lipinski definition) is 1. The van der Waals surface area contributed by atoms with Gasteiger partial charge in [-0.2, -0.15) is 0 Å². The van der Waals surface area contributed by atoms with E-state index < -0.39 is 0 Å². The Kier molecular flexibility index (Phi) is 8.47. The molecule has 4 heterocycles. The van der Waals surface area contributed by atoms with Crippen molar-refractivity contribution in [3.63, 3.8) is 0 Å². The lowest BCUT2D eigenvalue weighted by Gasteiger charge is -2.27. The van der Waals surface area contributed by atoms with E-state index in [2.05, 4.69) is 55.4 Å². The second-order valence-corrected chi connectivity index (χ2v) is 10.7. The lowest BCUT2D eigenvalue weighted by molar-refractivity contribution is -0.111. The van der Waals surface area contributed by atoms with Gasteiger partial charge in [0.15, 0.2) is 0 Å². The van der Waals surface area contributed by atoms with Crippen LogP contribution in [0.3, 0.4) is 0 Å². The van der Waals surface area contributed by atoms with E-state index in [1.54, 1.807) is 6.20 Å². The Morgan fingerprint density at radius 1 is 0.875 bits per heavy atom. The molecule has 8 nitrogen and oxygen atoms in total. The van der Waals surface area contributed by atoms with Crippen molar-refractivity contribution in [2.75, 3.05) is 62.8 Å². The maximum atomic E-state index is 13.6. The maximum Gasteiger partial charge on any atom is 0.255 e. The number of ether oxygens (including phenoxy) is 2. The van der Waals surface area contributed by atoms with Crippen molar-refractivity contribution in [3.05, 3.63) is 77.8 Å². The van der Waals surface area contributed by atoms with Gasteiger partial charge in [-0.15, -0.1) is 0 Å². The van der Waals surface area contributed by atoms with Crippen LogP contribution in [0.5, 0.6) is 0 Å². The number of nitrogens with zero attached hydrogens (tertiary/aromatic N) is 4. The van der Waals surface area contributed by atoms with Crippen molar-refractivity contribution in [1.29, 1.82) is 0 Å². The van der Waals surface area contributed by atoms with Crippen LogP contribution in [0, 0.1) is 0 Å². The standard InChI is InChI=1S/C32H37N5O3/c38-32(35-28-8-9-31(34-22-28)37-12-16-40-17-13-37)29-5-3-1-2-4-25-6-7-26(19-30(25)29)27-18-24(20-33-21-27)23-36-10-14-39-15-11-36/h5-9,18-22H,1-4,10-17,23H2,(H,35,38)/b29-5+. The van der Waals surface area contributed by atoms with Crippen LogP contribution in [-0.2, 0) is 27.2 Å². The molecule has 40 heavy (non-hydrogen) atoms. The molecule has 2 saturated heterocycles. The number of amides is 1. The predicted molar refractivity (Wildman–Crippen MR) is 157 cm³/mol. The highest BCUT2D eigenvalue weighted by molar-refractivity contribution is 6.25. The number of rotatable bonds is 6. The average Bonchev–Trinajstić information content (AvgIpc) is 2.99. The van der Waals surface area contributed by atoms with Gasteiger partial charge in [0.05, 0.1) is 38.3 Å². The van der Waals surface area contributed by atoms with Crippen LogP contribution >= 0.6 is 0 Å². The topological polar surface area (TPSA) is 79.8 Å². The highest BCUT2D eigenvalue weighted by atomic mass is 16.5. The number of aryl methyl sites for hydroxylation is 1. The van der Waals surface area contributed by atoms with Gasteiger partial charge in [-0.05, 0) is 72.2 Å². The zero-order chi connectivity index (χ0) is 27.1. The molecular formula is C32H37N5O3. The van der Waals surface area contributed by atoms with Gasteiger partial charge in [0.1, 0.15) is 5.82 Å². The molecule has 1 amide bonds. The predicted octanol–water partition coefficient (Wildman–Crippen LogP) is 4.56. The zero-order valence-electron chi connectivity index (χ0n) is 23.0. The largest absolute Gasteiger partial charge is 0.379 e. The van der Waals surface area contributed by atoms with E-state index in [4.69, 9.17) is 9.47 Å². The summed E-state index contributed by atoms with van der Waals surface area (Å²) in [4.78, 5) is 27.4. The number of fused-ring (bicyclic) bond motifs is 1. The summed E-state index contributed by atoms with van der Waals surface area (Å²) in [6.07, 6.45) is 11.7. The van der Waals surface area contributed by atoms with Crippen LogP contribution in [0.4, 0.5) is 11.5 Å². The van der Waals surface area contributed by atoms with Gasteiger partial charge in [0.25, 0.3) is 5.91 Å². The van der Waals surface area contributed by atoms with Crippen LogP contribution < -0.4 is 10.2 Å². The summed E-state index contributed by atoms with van der Waals surface area (Å²) < 4.78 is 10.9. The van der Waals surface area contributed by atoms with Crippen molar-refractivity contribution in [1.82, 2.24) is 14.9 Å². The smallest absolute Gasteiger partial charge is 0.255 e. The molecule has 0 bridgehead atoms. The molecule has 0 unspecified atom stereocenters. The summed E-state index contributed by atoms with van der Waals surface area (Å²) in [6, 6.07) is 12.6. The highest BCUT2D eigenvalue weighted by Gasteiger charge is 2.20. The molecule has 0 radical (unpaired) electrons. The van der Waals surface area contributed by atoms with E-state index >= 15 is 0 Å². The fourth-order valence-corrected chi connectivity index (χ4v) is 5.64. The minimum absolute atomic E-state index is 0.0968. The van der Waals surface area contributed by atoms with Gasteiger partial charge in [-0.25, -0.2) is 4.98 Å². The van der Waals surface area contributed by atoms with Crippen molar-refractivity contribution in [2.24, 2.45) is 0 Å². The number of carbonyl (C=O) groups is 1. The fraction of sp³-hybridized carbons (Fsp3) is 0.406. The molecular weight excluding hydrogens is 502 g/mol. The second kappa shape index (κ2) is 12.7. The van der Waals surface area contributed by atoms with Gasteiger partial charge in [-0.1, -0.05) is 18.2 Å². The van der Waals surface area contributed by atoms with E-state index in [1.165, 1.54) is 11.1 Å². The molecule has 1 aliphatic carbocycles. The number of aromatic nitrogens is 2. The summed E-state index contributed by atoms with van der Waals surface area (Å²) in [5, 5.41) is 3.10. The Hall–Kier alpha value is -3.59. The SMILES string of the molecule is O=C(Nc1ccc(N2CCOCC2)nc1)/C1=C/CCCCc2ccc(-c3cncc(CN4CCOCC4)c3)cc21. The average molecular weight is 540 g/mol. The summed E-state index contributed by atoms with van der Waals surface area (Å²) in [7, 11) is 0. The molecule has 208 valence electrons. The van der Waals surface area contributed by atoms with Crippen molar-refractivity contribution < 1.29 is 14.3 Å². The number of carbonyl (C=O) groups excluding carboxylic acids is 1.